The minimum absolute atomic E-state index is 0.0456. The number of hydrogen-bond donors (Lipinski definition) is 1. The first kappa shape index (κ1) is 19.1. The molecule has 0 spiro atoms. The van der Waals surface area contributed by atoms with Crippen LogP contribution in [-0.4, -0.2) is 39.2 Å². The van der Waals surface area contributed by atoms with Gasteiger partial charge in [0, 0.05) is 0 Å². The number of hydrogen-bond acceptors (Lipinski definition) is 3. The number of carbonyl (C=O) groups is 1. The Labute approximate surface area is 179 Å². The van der Waals surface area contributed by atoms with Crippen molar-refractivity contribution in [3.8, 4) is 15.8 Å². The number of rotatable bonds is 3. The Balaban J connectivity index is 2.13. The number of carbonyl (C=O) groups excluding carboxylic acids is 1. The van der Waals surface area contributed by atoms with Crippen molar-refractivity contribution in [3.05, 3.63) is 49.6 Å². The van der Waals surface area contributed by atoms with Crippen LogP contribution in [0.25, 0.3) is 10.0 Å². The van der Waals surface area contributed by atoms with Crippen molar-refractivity contribution in [1.29, 1.82) is 0 Å². The Morgan fingerprint density at radius 2 is 1.96 bits per heavy atom. The number of benzene rings is 1. The zero-order valence-corrected chi connectivity index (χ0v) is 20.3. The molecule has 0 bridgehead atoms. The molecule has 4 rings (SSSR count). The zero-order valence-electron chi connectivity index (χ0n) is 15.5. The second kappa shape index (κ2) is 6.99. The number of aromatic hydroxyl groups is 1. The van der Waals surface area contributed by atoms with Gasteiger partial charge < -0.3 is 0 Å². The molecule has 1 aliphatic heterocycles. The standard InChI is InChI=1S/C21H20INO2SeSi/c1-4-27(5-2)18-11-13(24)6-7-15(18)23-16-8-9-17(25)19(21(16)27)20-14(22)10-12(3)26-20/h6-11,25H,4-5H2,1-3H3. The number of aryl methyl sites for hydroxylation is 1. The fourth-order valence-electron chi connectivity index (χ4n) is 4.29. The molecule has 1 N–H and O–H groups in total. The average Bonchev–Trinajstić information content (AvgIpc) is 2.98. The molecule has 0 saturated carbocycles. The van der Waals surface area contributed by atoms with E-state index in [2.05, 4.69) is 49.4 Å². The molecule has 0 saturated heterocycles. The Morgan fingerprint density at radius 1 is 1.22 bits per heavy atom. The third-order valence-corrected chi connectivity index (χ3v) is 14.8. The third kappa shape index (κ3) is 2.89. The molecular weight excluding hydrogens is 532 g/mol. The number of halogens is 1. The molecule has 0 amide bonds. The molecule has 0 radical (unpaired) electrons. The second-order valence-corrected chi connectivity index (χ2v) is 15.4. The van der Waals surface area contributed by atoms with Crippen LogP contribution in [-0.2, 0) is 4.79 Å². The average molecular weight is 552 g/mol. The fourth-order valence-corrected chi connectivity index (χ4v) is 12.9. The van der Waals surface area contributed by atoms with Gasteiger partial charge in [-0.3, -0.25) is 0 Å². The van der Waals surface area contributed by atoms with Gasteiger partial charge in [-0.15, -0.1) is 0 Å². The topological polar surface area (TPSA) is 49.7 Å². The van der Waals surface area contributed by atoms with Gasteiger partial charge in [-0.05, 0) is 0 Å². The van der Waals surface area contributed by atoms with Crippen molar-refractivity contribution < 1.29 is 9.90 Å². The summed E-state index contributed by atoms with van der Waals surface area (Å²) >= 11 is 2.60. The summed E-state index contributed by atoms with van der Waals surface area (Å²) in [5, 5.41) is 13.3. The number of fused-ring (bicyclic) bond motifs is 2. The van der Waals surface area contributed by atoms with E-state index in [-0.39, 0.29) is 20.3 Å². The second-order valence-electron chi connectivity index (χ2n) is 6.97. The van der Waals surface area contributed by atoms with Crippen LogP contribution in [0, 0.1) is 10.5 Å². The SMILES string of the molecule is CC[Si]1(CC)C2=CC(=O)C=CC2=Nc2ccc(O)c(-c3[se]c(C)cc3I)c21. The summed E-state index contributed by atoms with van der Waals surface area (Å²) in [6, 6.07) is 7.94. The van der Waals surface area contributed by atoms with E-state index >= 15 is 0 Å². The van der Waals surface area contributed by atoms with Gasteiger partial charge >= 0.3 is 181 Å². The van der Waals surface area contributed by atoms with Crippen LogP contribution in [0.15, 0.2) is 46.6 Å². The van der Waals surface area contributed by atoms with E-state index in [0.717, 1.165) is 34.2 Å². The van der Waals surface area contributed by atoms with E-state index in [4.69, 9.17) is 4.99 Å². The summed E-state index contributed by atoms with van der Waals surface area (Å²) in [5.41, 5.74) is 2.90. The van der Waals surface area contributed by atoms with Crippen LogP contribution >= 0.6 is 22.6 Å². The molecule has 138 valence electrons. The Hall–Kier alpha value is -1.21. The summed E-state index contributed by atoms with van der Waals surface area (Å²) < 4.78 is 3.84. The first-order valence-electron chi connectivity index (χ1n) is 9.07. The number of phenols is 1. The minimum atomic E-state index is -2.20. The normalized spacial score (nSPS) is 17.3. The van der Waals surface area contributed by atoms with Crippen molar-refractivity contribution in [2.24, 2.45) is 4.99 Å². The molecule has 0 unspecified atom stereocenters. The summed E-state index contributed by atoms with van der Waals surface area (Å²) in [7, 11) is -2.20. The molecule has 2 aliphatic rings. The maximum atomic E-state index is 12.2. The van der Waals surface area contributed by atoms with E-state index in [1.165, 1.54) is 17.6 Å². The zero-order chi connectivity index (χ0) is 19.3. The van der Waals surface area contributed by atoms with Crippen molar-refractivity contribution >= 4 is 67.5 Å². The van der Waals surface area contributed by atoms with Crippen LogP contribution in [0.5, 0.6) is 5.75 Å². The van der Waals surface area contributed by atoms with Gasteiger partial charge in [-0.25, -0.2) is 0 Å². The quantitative estimate of drug-likeness (QED) is 0.349. The first-order chi connectivity index (χ1) is 12.9. The number of phenolic OH excluding ortho intramolecular Hbond substituents is 1. The molecular formula is C21H20INO2SeSi. The maximum absolute atomic E-state index is 12.2. The van der Waals surface area contributed by atoms with Crippen LogP contribution in [0.4, 0.5) is 5.69 Å². The fraction of sp³-hybridized carbons (Fsp3) is 0.238. The summed E-state index contributed by atoms with van der Waals surface area (Å²) in [6.07, 6.45) is 5.28. The van der Waals surface area contributed by atoms with Crippen molar-refractivity contribution in [2.75, 3.05) is 0 Å². The summed E-state index contributed by atoms with van der Waals surface area (Å²) in [6.45, 7) is 6.61. The van der Waals surface area contributed by atoms with Gasteiger partial charge in [-0.1, -0.05) is 0 Å². The Bertz CT molecular complexity index is 1060. The van der Waals surface area contributed by atoms with E-state index in [1.807, 2.05) is 12.1 Å². The molecule has 1 aliphatic carbocycles. The number of aliphatic imine (C=N–C) groups is 1. The summed E-state index contributed by atoms with van der Waals surface area (Å²) in [5.74, 6) is 0.392. The predicted octanol–water partition coefficient (Wildman–Crippen LogP) is 4.42. The molecule has 1 aromatic carbocycles. The van der Waals surface area contributed by atoms with Gasteiger partial charge in [0.25, 0.3) is 0 Å². The van der Waals surface area contributed by atoms with Crippen LogP contribution < -0.4 is 5.19 Å². The van der Waals surface area contributed by atoms with E-state index in [1.54, 1.807) is 18.2 Å². The first-order valence-corrected chi connectivity index (χ1v) is 14.3. The van der Waals surface area contributed by atoms with Gasteiger partial charge in [0.15, 0.2) is 0 Å². The van der Waals surface area contributed by atoms with Crippen LogP contribution in [0.2, 0.25) is 12.1 Å². The van der Waals surface area contributed by atoms with Gasteiger partial charge in [-0.2, -0.15) is 0 Å². The molecule has 1 aromatic heterocycles. The molecule has 27 heavy (non-hydrogen) atoms. The van der Waals surface area contributed by atoms with Gasteiger partial charge in [0.05, 0.1) is 0 Å². The van der Waals surface area contributed by atoms with Crippen molar-refractivity contribution in [1.82, 2.24) is 0 Å². The molecule has 2 aromatic rings. The van der Waals surface area contributed by atoms with E-state index in [0.29, 0.717) is 5.75 Å². The number of ketones is 1. The van der Waals surface area contributed by atoms with Crippen molar-refractivity contribution in [2.45, 2.75) is 32.9 Å². The number of allylic oxidation sites excluding steroid dienone is 4. The molecule has 0 atom stereocenters. The Kier molecular flexibility index (Phi) is 4.95. The third-order valence-electron chi connectivity index (χ3n) is 5.61. The van der Waals surface area contributed by atoms with Gasteiger partial charge in [0.2, 0.25) is 0 Å². The Morgan fingerprint density at radius 3 is 2.59 bits per heavy atom. The molecule has 0 fully saturated rings. The number of nitrogens with zero attached hydrogens (tertiary/aromatic N) is 1. The van der Waals surface area contributed by atoms with Gasteiger partial charge in [0.1, 0.15) is 0 Å². The molecule has 3 nitrogen and oxygen atoms in total. The van der Waals surface area contributed by atoms with Crippen molar-refractivity contribution in [3.63, 3.8) is 0 Å². The van der Waals surface area contributed by atoms with Crippen LogP contribution in [0.3, 0.4) is 0 Å². The molecule has 6 heteroatoms. The molecule has 2 heterocycles. The monoisotopic (exact) mass is 553 g/mol. The summed E-state index contributed by atoms with van der Waals surface area (Å²) in [4.78, 5) is 17.1. The van der Waals surface area contributed by atoms with E-state index in [9.17, 15) is 9.90 Å². The van der Waals surface area contributed by atoms with Crippen LogP contribution in [0.1, 0.15) is 18.3 Å². The van der Waals surface area contributed by atoms with E-state index < -0.39 is 8.07 Å². The predicted molar refractivity (Wildman–Crippen MR) is 124 cm³/mol.